The van der Waals surface area contributed by atoms with E-state index < -0.39 is 93.9 Å². The summed E-state index contributed by atoms with van der Waals surface area (Å²) in [5.41, 5.74) is 0. The molecule has 0 bridgehead atoms. The Morgan fingerprint density at radius 2 is 1.39 bits per heavy atom. The zero-order valence-corrected chi connectivity index (χ0v) is 14.8. The van der Waals surface area contributed by atoms with E-state index in [0.717, 1.165) is 0 Å². The first kappa shape index (κ1) is 23.8. The van der Waals surface area contributed by atoms with Crippen LogP contribution in [0.4, 0.5) is 0 Å². The smallest absolute Gasteiger partial charge is 0.187 e. The molecule has 2 heterocycles. The van der Waals surface area contributed by atoms with Crippen LogP contribution < -0.4 is 0 Å². The minimum atomic E-state index is -1.70. The molecular formula is C15H28O13. The topological polar surface area (TPSA) is 219 Å². The second kappa shape index (κ2) is 10.5. The van der Waals surface area contributed by atoms with Crippen molar-refractivity contribution in [3.05, 3.63) is 0 Å². The number of aliphatic hydroxyl groups excluding tert-OH is 9. The summed E-state index contributed by atoms with van der Waals surface area (Å²) in [7, 11) is 0. The third kappa shape index (κ3) is 4.96. The molecule has 0 saturated carbocycles. The Hall–Kier alpha value is -0.520. The van der Waals surface area contributed by atoms with Gasteiger partial charge in [0.25, 0.3) is 0 Å². The summed E-state index contributed by atoms with van der Waals surface area (Å²) in [6.45, 7) is -2.65. The van der Waals surface area contributed by atoms with E-state index in [1.165, 1.54) is 0 Å². The summed E-state index contributed by atoms with van der Waals surface area (Å²) in [6.07, 6.45) is -16.5. The summed E-state index contributed by atoms with van der Waals surface area (Å²) >= 11 is 0. The van der Waals surface area contributed by atoms with E-state index in [0.29, 0.717) is 0 Å². The molecule has 2 fully saturated rings. The first-order valence-corrected chi connectivity index (χ1v) is 8.74. The molecule has 0 aromatic rings. The zero-order chi connectivity index (χ0) is 21.0. The first-order chi connectivity index (χ1) is 13.3. The Morgan fingerprint density at radius 1 is 0.750 bits per heavy atom. The Morgan fingerprint density at radius 3 is 1.93 bits per heavy atom. The number of hydrogen-bond acceptors (Lipinski definition) is 13. The van der Waals surface area contributed by atoms with Crippen LogP contribution in [0.3, 0.4) is 0 Å². The molecule has 10 atom stereocenters. The molecule has 0 amide bonds. The van der Waals surface area contributed by atoms with Gasteiger partial charge in [0.05, 0.1) is 26.4 Å². The molecule has 0 aromatic heterocycles. The second-order valence-electron chi connectivity index (χ2n) is 6.63. The highest BCUT2D eigenvalue weighted by Crippen LogP contribution is 2.31. The van der Waals surface area contributed by atoms with Crippen molar-refractivity contribution in [2.45, 2.75) is 67.5 Å². The monoisotopic (exact) mass is 416 g/mol. The molecule has 9 N–H and O–H groups in total. The lowest BCUT2D eigenvalue weighted by Gasteiger charge is -2.43. The summed E-state index contributed by atoms with van der Waals surface area (Å²) in [4.78, 5) is 0. The average Bonchev–Trinajstić information content (AvgIpc) is 2.98. The lowest BCUT2D eigenvalue weighted by atomic mass is 9.98. The maximum atomic E-state index is 10.4. The van der Waals surface area contributed by atoms with Crippen molar-refractivity contribution < 1.29 is 64.9 Å². The van der Waals surface area contributed by atoms with Crippen LogP contribution >= 0.6 is 0 Å². The fourth-order valence-corrected chi connectivity index (χ4v) is 3.02. The quantitative estimate of drug-likeness (QED) is 0.171. The predicted molar refractivity (Wildman–Crippen MR) is 85.4 cm³/mol. The molecule has 2 aliphatic rings. The summed E-state index contributed by atoms with van der Waals surface area (Å²) in [5, 5.41) is 86.9. The highest BCUT2D eigenvalue weighted by Gasteiger charge is 2.52. The van der Waals surface area contributed by atoms with Crippen molar-refractivity contribution in [3.63, 3.8) is 0 Å². The van der Waals surface area contributed by atoms with E-state index in [1.807, 2.05) is 0 Å². The average molecular weight is 416 g/mol. The second-order valence-corrected chi connectivity index (χ2v) is 6.63. The minimum absolute atomic E-state index is 0.599. The van der Waals surface area contributed by atoms with Crippen molar-refractivity contribution in [3.8, 4) is 0 Å². The molecule has 0 unspecified atom stereocenters. The van der Waals surface area contributed by atoms with E-state index in [9.17, 15) is 30.6 Å². The van der Waals surface area contributed by atoms with E-state index in [4.69, 9.17) is 34.3 Å². The van der Waals surface area contributed by atoms with Crippen molar-refractivity contribution >= 4 is 0 Å². The standard InChI is InChI=1S/C15H28O13/c16-1-5(2-17)25-15-11(24)13(8(21)7(4-19)26-15)28-14-10(23)9(22)12(27-14)6(20)3-18/h5-24H,1-4H2/t6-,7-,8+,9-,10-,11-,12+,13+,14+,15-/m1/s1. The molecule has 2 aliphatic heterocycles. The van der Waals surface area contributed by atoms with Crippen LogP contribution in [0.5, 0.6) is 0 Å². The van der Waals surface area contributed by atoms with E-state index in [1.54, 1.807) is 0 Å². The molecule has 166 valence electrons. The van der Waals surface area contributed by atoms with Gasteiger partial charge in [0.15, 0.2) is 12.6 Å². The van der Waals surface area contributed by atoms with Crippen molar-refractivity contribution in [1.82, 2.24) is 0 Å². The fourth-order valence-electron chi connectivity index (χ4n) is 3.02. The SMILES string of the molecule is OCC(CO)O[C@@H]1O[C@H](CO)[C@H](O)[C@H](O[C@@H]2O[C@@H]([C@H](O)CO)[C@H](O)[C@H]2O)[C@H]1O. The normalized spacial score (nSPS) is 42.9. The number of rotatable bonds is 9. The van der Waals surface area contributed by atoms with Gasteiger partial charge in [0, 0.05) is 0 Å². The van der Waals surface area contributed by atoms with Gasteiger partial charge in [-0.2, -0.15) is 0 Å². The van der Waals surface area contributed by atoms with Crippen LogP contribution in [0.25, 0.3) is 0 Å². The third-order valence-electron chi connectivity index (χ3n) is 4.67. The molecule has 28 heavy (non-hydrogen) atoms. The van der Waals surface area contributed by atoms with Crippen molar-refractivity contribution in [2.24, 2.45) is 0 Å². The predicted octanol–water partition coefficient (Wildman–Crippen LogP) is -6.02. The zero-order valence-electron chi connectivity index (χ0n) is 14.8. The third-order valence-corrected chi connectivity index (χ3v) is 4.67. The summed E-state index contributed by atoms with van der Waals surface area (Å²) in [6, 6.07) is 0. The molecule has 0 spiro atoms. The Balaban J connectivity index is 2.12. The minimum Gasteiger partial charge on any atom is -0.394 e. The summed E-state index contributed by atoms with van der Waals surface area (Å²) in [5.74, 6) is 0. The highest BCUT2D eigenvalue weighted by molar-refractivity contribution is 4.95. The maximum Gasteiger partial charge on any atom is 0.187 e. The van der Waals surface area contributed by atoms with Crippen LogP contribution in [-0.2, 0) is 18.9 Å². The van der Waals surface area contributed by atoms with Gasteiger partial charge in [-0.25, -0.2) is 0 Å². The Labute approximate surface area is 159 Å². The van der Waals surface area contributed by atoms with Gasteiger partial charge in [-0.05, 0) is 0 Å². The first-order valence-electron chi connectivity index (χ1n) is 8.74. The number of aliphatic hydroxyl groups is 9. The molecule has 0 aromatic carbocycles. The number of hydrogen-bond donors (Lipinski definition) is 9. The molecular weight excluding hydrogens is 388 g/mol. The van der Waals surface area contributed by atoms with Crippen molar-refractivity contribution in [2.75, 3.05) is 26.4 Å². The van der Waals surface area contributed by atoms with Gasteiger partial charge in [0.2, 0.25) is 0 Å². The molecule has 13 nitrogen and oxygen atoms in total. The highest BCUT2D eigenvalue weighted by atomic mass is 16.7. The molecule has 0 radical (unpaired) electrons. The molecule has 0 aliphatic carbocycles. The van der Waals surface area contributed by atoms with Gasteiger partial charge in [-0.3, -0.25) is 0 Å². The Kier molecular flexibility index (Phi) is 8.90. The van der Waals surface area contributed by atoms with E-state index in [-0.39, 0.29) is 0 Å². The van der Waals surface area contributed by atoms with Crippen LogP contribution in [0.2, 0.25) is 0 Å². The number of ether oxygens (including phenoxy) is 4. The van der Waals surface area contributed by atoms with Crippen LogP contribution in [0.15, 0.2) is 0 Å². The Bertz CT molecular complexity index is 461. The summed E-state index contributed by atoms with van der Waals surface area (Å²) < 4.78 is 21.0. The van der Waals surface area contributed by atoms with Gasteiger partial charge in [0.1, 0.15) is 54.9 Å². The van der Waals surface area contributed by atoms with Crippen LogP contribution in [0.1, 0.15) is 0 Å². The van der Waals surface area contributed by atoms with E-state index >= 15 is 0 Å². The lowest BCUT2D eigenvalue weighted by Crippen LogP contribution is -2.62. The maximum absolute atomic E-state index is 10.4. The molecule has 2 saturated heterocycles. The van der Waals surface area contributed by atoms with Gasteiger partial charge < -0.3 is 64.9 Å². The largest absolute Gasteiger partial charge is 0.394 e. The van der Waals surface area contributed by atoms with Crippen molar-refractivity contribution in [1.29, 1.82) is 0 Å². The molecule has 2 rings (SSSR count). The lowest BCUT2D eigenvalue weighted by molar-refractivity contribution is -0.340. The molecule has 13 heteroatoms. The van der Waals surface area contributed by atoms with Gasteiger partial charge in [-0.1, -0.05) is 0 Å². The van der Waals surface area contributed by atoms with Crippen LogP contribution in [0, 0.1) is 0 Å². The van der Waals surface area contributed by atoms with Crippen LogP contribution in [-0.4, -0.2) is 140 Å². The fraction of sp³-hybridized carbons (Fsp3) is 1.00. The van der Waals surface area contributed by atoms with Gasteiger partial charge >= 0.3 is 0 Å². The van der Waals surface area contributed by atoms with Gasteiger partial charge in [-0.15, -0.1) is 0 Å². The van der Waals surface area contributed by atoms with E-state index in [2.05, 4.69) is 0 Å².